The zero-order valence-corrected chi connectivity index (χ0v) is 12.0. The van der Waals surface area contributed by atoms with Crippen molar-refractivity contribution in [2.75, 3.05) is 6.61 Å². The van der Waals surface area contributed by atoms with Gasteiger partial charge in [0, 0.05) is 23.6 Å². The monoisotopic (exact) mass is 301 g/mol. The van der Waals surface area contributed by atoms with E-state index < -0.39 is 0 Å². The Morgan fingerprint density at radius 3 is 2.74 bits per heavy atom. The molecule has 0 spiro atoms. The van der Waals surface area contributed by atoms with Crippen molar-refractivity contribution in [1.29, 1.82) is 0 Å². The molecule has 1 fully saturated rings. The smallest absolute Gasteiger partial charge is 0.253 e. The summed E-state index contributed by atoms with van der Waals surface area (Å²) in [6, 6.07) is 4.85. The highest BCUT2D eigenvalue weighted by molar-refractivity contribution is 6.36. The van der Waals surface area contributed by atoms with Crippen LogP contribution >= 0.6 is 23.2 Å². The van der Waals surface area contributed by atoms with E-state index >= 15 is 0 Å². The first kappa shape index (κ1) is 14.6. The van der Waals surface area contributed by atoms with Crippen LogP contribution in [0.25, 0.3) is 0 Å². The fraction of sp³-hybridized carbons (Fsp3) is 0.500. The van der Waals surface area contributed by atoms with Gasteiger partial charge in [0.1, 0.15) is 0 Å². The van der Waals surface area contributed by atoms with E-state index in [9.17, 15) is 9.90 Å². The first-order valence-electron chi connectivity index (χ1n) is 6.48. The van der Waals surface area contributed by atoms with Gasteiger partial charge in [0.05, 0.1) is 10.6 Å². The highest BCUT2D eigenvalue weighted by atomic mass is 35.5. The predicted octanol–water partition coefficient (Wildman–Crippen LogP) is 3.27. The summed E-state index contributed by atoms with van der Waals surface area (Å²) in [7, 11) is 0. The maximum atomic E-state index is 12.2. The summed E-state index contributed by atoms with van der Waals surface area (Å²) in [6.45, 7) is 0.110. The van der Waals surface area contributed by atoms with E-state index in [-0.39, 0.29) is 24.5 Å². The molecular weight excluding hydrogens is 285 g/mol. The molecule has 2 unspecified atom stereocenters. The van der Waals surface area contributed by atoms with Crippen LogP contribution < -0.4 is 5.32 Å². The Morgan fingerprint density at radius 1 is 1.32 bits per heavy atom. The van der Waals surface area contributed by atoms with Crippen LogP contribution in [0.2, 0.25) is 10.0 Å². The summed E-state index contributed by atoms with van der Waals surface area (Å²) in [5, 5.41) is 13.2. The number of nitrogens with one attached hydrogen (secondary N) is 1. The van der Waals surface area contributed by atoms with Crippen molar-refractivity contribution in [2.45, 2.75) is 31.7 Å². The molecule has 0 aromatic heterocycles. The number of aliphatic hydroxyl groups is 1. The Morgan fingerprint density at radius 2 is 2.05 bits per heavy atom. The predicted molar refractivity (Wildman–Crippen MR) is 76.8 cm³/mol. The molecule has 1 amide bonds. The summed E-state index contributed by atoms with van der Waals surface area (Å²) in [6.07, 6.45) is 4.05. The first-order valence-corrected chi connectivity index (χ1v) is 7.24. The lowest BCUT2D eigenvalue weighted by Crippen LogP contribution is -2.43. The molecule has 0 bridgehead atoms. The molecule has 2 atom stereocenters. The molecule has 1 aliphatic carbocycles. The zero-order chi connectivity index (χ0) is 13.8. The van der Waals surface area contributed by atoms with E-state index in [1.54, 1.807) is 18.2 Å². The second-order valence-electron chi connectivity index (χ2n) is 4.93. The average molecular weight is 302 g/mol. The summed E-state index contributed by atoms with van der Waals surface area (Å²) in [5.74, 6) is -0.0595. The van der Waals surface area contributed by atoms with Gasteiger partial charge in [0.15, 0.2) is 0 Å². The first-order chi connectivity index (χ1) is 9.11. The van der Waals surface area contributed by atoms with Gasteiger partial charge in [-0.05, 0) is 31.0 Å². The van der Waals surface area contributed by atoms with Crippen LogP contribution in [0.5, 0.6) is 0 Å². The van der Waals surface area contributed by atoms with Crippen LogP contribution in [-0.4, -0.2) is 23.7 Å². The van der Waals surface area contributed by atoms with Gasteiger partial charge in [-0.3, -0.25) is 4.79 Å². The minimum absolute atomic E-state index is 0.0259. The van der Waals surface area contributed by atoms with Gasteiger partial charge < -0.3 is 10.4 Å². The molecule has 0 saturated heterocycles. The molecule has 0 aliphatic heterocycles. The molecule has 0 radical (unpaired) electrons. The lowest BCUT2D eigenvalue weighted by molar-refractivity contribution is 0.0873. The van der Waals surface area contributed by atoms with Crippen molar-refractivity contribution >= 4 is 29.1 Å². The molecule has 2 N–H and O–H groups in total. The number of amides is 1. The van der Waals surface area contributed by atoms with E-state index in [2.05, 4.69) is 5.32 Å². The molecular formula is C14H17Cl2NO2. The largest absolute Gasteiger partial charge is 0.396 e. The molecule has 1 aromatic carbocycles. The van der Waals surface area contributed by atoms with E-state index in [1.165, 1.54) is 0 Å². The molecule has 1 aromatic rings. The standard InChI is InChI=1S/C14H17Cl2NO2/c15-10-5-6-11(12(16)7-10)14(19)17-13-4-2-1-3-9(13)8-18/h5-7,9,13,18H,1-4,8H2,(H,17,19). The summed E-state index contributed by atoms with van der Waals surface area (Å²) < 4.78 is 0. The lowest BCUT2D eigenvalue weighted by Gasteiger charge is -2.30. The molecule has 104 valence electrons. The van der Waals surface area contributed by atoms with E-state index in [0.717, 1.165) is 25.7 Å². The molecule has 1 saturated carbocycles. The van der Waals surface area contributed by atoms with Gasteiger partial charge in [0.2, 0.25) is 0 Å². The van der Waals surface area contributed by atoms with Crippen LogP contribution in [0.4, 0.5) is 0 Å². The van der Waals surface area contributed by atoms with Gasteiger partial charge in [-0.25, -0.2) is 0 Å². The maximum Gasteiger partial charge on any atom is 0.253 e. The number of rotatable bonds is 3. The van der Waals surface area contributed by atoms with Crippen molar-refractivity contribution < 1.29 is 9.90 Å². The van der Waals surface area contributed by atoms with Crippen LogP contribution in [-0.2, 0) is 0 Å². The number of hydrogen-bond donors (Lipinski definition) is 2. The highest BCUT2D eigenvalue weighted by Crippen LogP contribution is 2.25. The number of carbonyl (C=O) groups excluding carboxylic acids is 1. The number of halogens is 2. The van der Waals surface area contributed by atoms with Crippen LogP contribution in [0, 0.1) is 5.92 Å². The lowest BCUT2D eigenvalue weighted by atomic mass is 9.85. The van der Waals surface area contributed by atoms with Crippen LogP contribution in [0.1, 0.15) is 36.0 Å². The Hall–Kier alpha value is -0.770. The fourth-order valence-corrected chi connectivity index (χ4v) is 3.03. The highest BCUT2D eigenvalue weighted by Gasteiger charge is 2.26. The Balaban J connectivity index is 2.07. The minimum Gasteiger partial charge on any atom is -0.396 e. The Kier molecular flexibility index (Phi) is 5.08. The summed E-state index contributed by atoms with van der Waals surface area (Å²) in [4.78, 5) is 12.2. The molecule has 0 heterocycles. The van der Waals surface area contributed by atoms with Crippen molar-refractivity contribution in [2.24, 2.45) is 5.92 Å². The van der Waals surface area contributed by atoms with Gasteiger partial charge in [-0.1, -0.05) is 36.0 Å². The summed E-state index contributed by atoms with van der Waals surface area (Å²) in [5.41, 5.74) is 0.424. The molecule has 1 aliphatic rings. The SMILES string of the molecule is O=C(NC1CCCCC1CO)c1ccc(Cl)cc1Cl. The van der Waals surface area contributed by atoms with E-state index in [1.807, 2.05) is 0 Å². The van der Waals surface area contributed by atoms with Gasteiger partial charge >= 0.3 is 0 Å². The molecule has 5 heteroatoms. The third kappa shape index (κ3) is 3.62. The second kappa shape index (κ2) is 6.60. The topological polar surface area (TPSA) is 49.3 Å². The third-order valence-electron chi connectivity index (χ3n) is 3.64. The minimum atomic E-state index is -0.202. The van der Waals surface area contributed by atoms with E-state index in [4.69, 9.17) is 23.2 Å². The Bertz CT molecular complexity index is 465. The summed E-state index contributed by atoms with van der Waals surface area (Å²) >= 11 is 11.8. The van der Waals surface area contributed by atoms with E-state index in [0.29, 0.717) is 15.6 Å². The fourth-order valence-electron chi connectivity index (χ4n) is 2.54. The molecule has 3 nitrogen and oxygen atoms in total. The van der Waals surface area contributed by atoms with Crippen molar-refractivity contribution in [3.8, 4) is 0 Å². The second-order valence-corrected chi connectivity index (χ2v) is 5.77. The maximum absolute atomic E-state index is 12.2. The molecule has 19 heavy (non-hydrogen) atoms. The van der Waals surface area contributed by atoms with Crippen molar-refractivity contribution in [3.05, 3.63) is 33.8 Å². The average Bonchev–Trinajstić information content (AvgIpc) is 2.39. The quantitative estimate of drug-likeness (QED) is 0.900. The van der Waals surface area contributed by atoms with Gasteiger partial charge in [-0.2, -0.15) is 0 Å². The van der Waals surface area contributed by atoms with Crippen molar-refractivity contribution in [3.63, 3.8) is 0 Å². The zero-order valence-electron chi connectivity index (χ0n) is 10.5. The number of benzene rings is 1. The number of hydrogen-bond acceptors (Lipinski definition) is 2. The van der Waals surface area contributed by atoms with Crippen LogP contribution in [0.15, 0.2) is 18.2 Å². The molecule has 2 rings (SSSR count). The van der Waals surface area contributed by atoms with Gasteiger partial charge in [-0.15, -0.1) is 0 Å². The normalized spacial score (nSPS) is 23.1. The van der Waals surface area contributed by atoms with Crippen LogP contribution in [0.3, 0.4) is 0 Å². The number of carbonyl (C=O) groups is 1. The third-order valence-corrected chi connectivity index (χ3v) is 4.18. The van der Waals surface area contributed by atoms with Gasteiger partial charge in [0.25, 0.3) is 5.91 Å². The van der Waals surface area contributed by atoms with Crippen molar-refractivity contribution in [1.82, 2.24) is 5.32 Å². The number of aliphatic hydroxyl groups excluding tert-OH is 1. The Labute approximate surface area is 122 Å².